The lowest BCUT2D eigenvalue weighted by molar-refractivity contribution is 0.870. The first kappa shape index (κ1) is 14.6. The molecule has 1 fully saturated rings. The Kier molecular flexibility index (Phi) is 4.02. The molecule has 6 heteroatoms. The topological polar surface area (TPSA) is 75.6 Å². The van der Waals surface area contributed by atoms with Crippen LogP contribution in [0.5, 0.6) is 0 Å². The molecule has 6 nitrogen and oxygen atoms in total. The van der Waals surface area contributed by atoms with Crippen molar-refractivity contribution in [2.24, 2.45) is 5.92 Å². The summed E-state index contributed by atoms with van der Waals surface area (Å²) in [4.78, 5) is 17.6. The van der Waals surface area contributed by atoms with Gasteiger partial charge in [0.1, 0.15) is 0 Å². The molecule has 1 aliphatic carbocycles. The van der Waals surface area contributed by atoms with E-state index >= 15 is 0 Å². The first-order valence-corrected chi connectivity index (χ1v) is 8.09. The Hall–Kier alpha value is -3.02. The third-order valence-electron chi connectivity index (χ3n) is 3.85. The molecule has 0 saturated heterocycles. The van der Waals surface area contributed by atoms with Crippen molar-refractivity contribution < 1.29 is 0 Å². The molecule has 0 amide bonds. The van der Waals surface area contributed by atoms with Crippen LogP contribution >= 0.6 is 0 Å². The van der Waals surface area contributed by atoms with E-state index in [0.717, 1.165) is 23.7 Å². The summed E-state index contributed by atoms with van der Waals surface area (Å²) in [5.41, 5.74) is 1.86. The maximum Gasteiger partial charge on any atom is 0.232 e. The van der Waals surface area contributed by atoms with Gasteiger partial charge in [-0.25, -0.2) is 0 Å². The van der Waals surface area contributed by atoms with E-state index in [1.807, 2.05) is 42.5 Å². The molecule has 3 aromatic rings. The van der Waals surface area contributed by atoms with Crippen LogP contribution in [0, 0.1) is 5.92 Å². The van der Waals surface area contributed by atoms with E-state index in [4.69, 9.17) is 0 Å². The van der Waals surface area contributed by atoms with E-state index in [0.29, 0.717) is 17.7 Å². The fraction of sp³-hybridized carbons (Fsp3) is 0.222. The van der Waals surface area contributed by atoms with E-state index < -0.39 is 0 Å². The van der Waals surface area contributed by atoms with Gasteiger partial charge in [0.05, 0.1) is 0 Å². The summed E-state index contributed by atoms with van der Waals surface area (Å²) in [5.74, 6) is 2.53. The molecule has 0 unspecified atom stereocenters. The number of benzene rings is 1. The molecule has 0 spiro atoms. The molecule has 2 aromatic heterocycles. The van der Waals surface area contributed by atoms with Gasteiger partial charge in [0, 0.05) is 30.2 Å². The average Bonchev–Trinajstić information content (AvgIpc) is 3.46. The first-order valence-electron chi connectivity index (χ1n) is 8.09. The van der Waals surface area contributed by atoms with E-state index in [-0.39, 0.29) is 0 Å². The van der Waals surface area contributed by atoms with E-state index in [9.17, 15) is 0 Å². The van der Waals surface area contributed by atoms with Gasteiger partial charge in [0.25, 0.3) is 0 Å². The quantitative estimate of drug-likeness (QED) is 0.724. The molecule has 0 aliphatic heterocycles. The Morgan fingerprint density at radius 1 is 0.875 bits per heavy atom. The minimum absolute atomic E-state index is 0.522. The molecular formula is C18H18N6. The van der Waals surface area contributed by atoms with Crippen LogP contribution < -0.4 is 10.6 Å². The Bertz CT molecular complexity index is 802. The zero-order valence-electron chi connectivity index (χ0n) is 13.2. The highest BCUT2D eigenvalue weighted by molar-refractivity contribution is 5.60. The fourth-order valence-corrected chi connectivity index (χ4v) is 2.35. The molecule has 0 atom stereocenters. The number of pyridine rings is 1. The van der Waals surface area contributed by atoms with Crippen molar-refractivity contribution in [3.8, 4) is 11.4 Å². The maximum absolute atomic E-state index is 4.56. The van der Waals surface area contributed by atoms with Crippen LogP contribution in [-0.2, 0) is 0 Å². The van der Waals surface area contributed by atoms with E-state index in [1.54, 1.807) is 12.4 Å². The largest absolute Gasteiger partial charge is 0.354 e. The third kappa shape index (κ3) is 3.65. The normalized spacial score (nSPS) is 13.5. The number of aromatic nitrogens is 4. The summed E-state index contributed by atoms with van der Waals surface area (Å²) in [5, 5.41) is 6.54. The van der Waals surface area contributed by atoms with Gasteiger partial charge >= 0.3 is 0 Å². The zero-order valence-corrected chi connectivity index (χ0v) is 13.2. The van der Waals surface area contributed by atoms with Gasteiger partial charge in [-0.1, -0.05) is 30.3 Å². The average molecular weight is 318 g/mol. The highest BCUT2D eigenvalue weighted by Crippen LogP contribution is 2.29. The Labute approximate surface area is 140 Å². The Morgan fingerprint density at radius 2 is 1.62 bits per heavy atom. The number of hydrogen-bond acceptors (Lipinski definition) is 6. The second-order valence-corrected chi connectivity index (χ2v) is 5.86. The Morgan fingerprint density at radius 3 is 2.38 bits per heavy atom. The van der Waals surface area contributed by atoms with Crippen molar-refractivity contribution >= 4 is 17.6 Å². The summed E-state index contributed by atoms with van der Waals surface area (Å²) < 4.78 is 0. The number of hydrogen-bond donors (Lipinski definition) is 2. The van der Waals surface area contributed by atoms with Crippen molar-refractivity contribution in [1.82, 2.24) is 19.9 Å². The smallest absolute Gasteiger partial charge is 0.232 e. The monoisotopic (exact) mass is 318 g/mol. The van der Waals surface area contributed by atoms with Gasteiger partial charge in [0.15, 0.2) is 5.82 Å². The molecule has 120 valence electrons. The highest BCUT2D eigenvalue weighted by atomic mass is 15.2. The minimum atomic E-state index is 0.522. The van der Waals surface area contributed by atoms with Crippen LogP contribution in [0.1, 0.15) is 12.8 Å². The highest BCUT2D eigenvalue weighted by Gasteiger charge is 2.21. The first-order chi connectivity index (χ1) is 11.9. The van der Waals surface area contributed by atoms with E-state index in [2.05, 4.69) is 30.6 Å². The van der Waals surface area contributed by atoms with Crippen molar-refractivity contribution in [3.63, 3.8) is 0 Å². The maximum atomic E-state index is 4.56. The van der Waals surface area contributed by atoms with Crippen molar-refractivity contribution in [1.29, 1.82) is 0 Å². The predicted molar refractivity (Wildman–Crippen MR) is 94.0 cm³/mol. The standard InChI is InChI=1S/C18H18N6/c1-2-4-14(5-3-1)16-22-17(20-12-13-6-7-13)24-18(23-16)21-15-8-10-19-11-9-15/h1-5,8-11,13H,6-7,12H2,(H2,19,20,21,22,23,24). The number of anilines is 3. The van der Waals surface area contributed by atoms with Crippen molar-refractivity contribution in [2.75, 3.05) is 17.2 Å². The van der Waals surface area contributed by atoms with Crippen LogP contribution in [0.15, 0.2) is 54.9 Å². The van der Waals surface area contributed by atoms with Gasteiger partial charge in [0.2, 0.25) is 11.9 Å². The summed E-state index contributed by atoms with van der Waals surface area (Å²) in [6.07, 6.45) is 6.03. The molecule has 1 aliphatic rings. The third-order valence-corrected chi connectivity index (χ3v) is 3.85. The molecule has 4 rings (SSSR count). The van der Waals surface area contributed by atoms with Gasteiger partial charge in [-0.05, 0) is 30.9 Å². The number of nitrogens with zero attached hydrogens (tertiary/aromatic N) is 4. The van der Waals surface area contributed by atoms with Gasteiger partial charge in [-0.2, -0.15) is 15.0 Å². The second kappa shape index (κ2) is 6.62. The molecule has 1 saturated carbocycles. The zero-order chi connectivity index (χ0) is 16.2. The van der Waals surface area contributed by atoms with Crippen LogP contribution in [0.3, 0.4) is 0 Å². The molecule has 0 bridgehead atoms. The van der Waals surface area contributed by atoms with Crippen molar-refractivity contribution in [2.45, 2.75) is 12.8 Å². The van der Waals surface area contributed by atoms with Crippen LogP contribution in [0.4, 0.5) is 17.6 Å². The van der Waals surface area contributed by atoms with Gasteiger partial charge in [-0.15, -0.1) is 0 Å². The van der Waals surface area contributed by atoms with Crippen molar-refractivity contribution in [3.05, 3.63) is 54.9 Å². The molecular weight excluding hydrogens is 300 g/mol. The van der Waals surface area contributed by atoms with E-state index in [1.165, 1.54) is 12.8 Å². The predicted octanol–water partition coefficient (Wildman–Crippen LogP) is 3.50. The minimum Gasteiger partial charge on any atom is -0.354 e. The fourth-order valence-electron chi connectivity index (χ4n) is 2.35. The Balaban J connectivity index is 1.64. The molecule has 0 radical (unpaired) electrons. The lowest BCUT2D eigenvalue weighted by atomic mass is 10.2. The number of rotatable bonds is 6. The van der Waals surface area contributed by atoms with Crippen LogP contribution in [0.2, 0.25) is 0 Å². The summed E-state index contributed by atoms with van der Waals surface area (Å²) in [6.45, 7) is 0.910. The number of nitrogens with one attached hydrogen (secondary N) is 2. The van der Waals surface area contributed by atoms with Gasteiger partial charge < -0.3 is 10.6 Å². The summed E-state index contributed by atoms with van der Waals surface area (Å²) >= 11 is 0. The lowest BCUT2D eigenvalue weighted by Crippen LogP contribution is -2.10. The molecule has 2 heterocycles. The lowest BCUT2D eigenvalue weighted by Gasteiger charge is -2.10. The molecule has 1 aromatic carbocycles. The van der Waals surface area contributed by atoms with Gasteiger partial charge in [-0.3, -0.25) is 4.98 Å². The SMILES string of the molecule is c1ccc(-c2nc(NCC3CC3)nc(Nc3ccncc3)n2)cc1. The summed E-state index contributed by atoms with van der Waals surface area (Å²) in [7, 11) is 0. The second-order valence-electron chi connectivity index (χ2n) is 5.86. The van der Waals surface area contributed by atoms with Crippen LogP contribution in [0.25, 0.3) is 11.4 Å². The summed E-state index contributed by atoms with van der Waals surface area (Å²) in [6, 6.07) is 13.7. The molecule has 2 N–H and O–H groups in total. The van der Waals surface area contributed by atoms with Crippen LogP contribution in [-0.4, -0.2) is 26.5 Å². The molecule has 24 heavy (non-hydrogen) atoms.